The zero-order valence-corrected chi connectivity index (χ0v) is 10.9. The topological polar surface area (TPSA) is 37.4 Å². The zero-order chi connectivity index (χ0) is 13.2. The monoisotopic (exact) mass is 283 g/mol. The summed E-state index contributed by atoms with van der Waals surface area (Å²) in [6.07, 6.45) is 0.0382. The average Bonchev–Trinajstić information content (AvgIpc) is 2.18. The normalized spacial score (nSPS) is 11.6. The highest BCUT2D eigenvalue weighted by Crippen LogP contribution is 2.25. The summed E-state index contributed by atoms with van der Waals surface area (Å²) in [5.74, 6) is -2.27. The number of aryl methyl sites for hydroxylation is 1. The summed E-state index contributed by atoms with van der Waals surface area (Å²) in [4.78, 5) is 1.40. The molecule has 0 aliphatic carbocycles. The highest BCUT2D eigenvalue weighted by atomic mass is 35.7. The maximum Gasteiger partial charge on any atom is 0.232 e. The summed E-state index contributed by atoms with van der Waals surface area (Å²) in [6, 6.07) is 2.33. The van der Waals surface area contributed by atoms with E-state index in [1.54, 1.807) is 14.1 Å². The van der Waals surface area contributed by atoms with E-state index in [1.807, 2.05) is 0 Å². The molecule has 0 radical (unpaired) electrons. The smallest absolute Gasteiger partial charge is 0.232 e. The molecule has 0 saturated heterocycles. The summed E-state index contributed by atoms with van der Waals surface area (Å²) in [5.41, 5.74) is 0.448. The van der Waals surface area contributed by atoms with Crippen LogP contribution in [-0.4, -0.2) is 28.3 Å². The Bertz CT molecular complexity index is 517. The number of benzene rings is 1. The summed E-state index contributed by atoms with van der Waals surface area (Å²) in [7, 11) is 4.53. The van der Waals surface area contributed by atoms with Crippen molar-refractivity contribution >= 4 is 25.4 Å². The largest absolute Gasteiger partial charge is 0.375 e. The van der Waals surface area contributed by atoms with Gasteiger partial charge in [-0.15, -0.1) is 0 Å². The highest BCUT2D eigenvalue weighted by Gasteiger charge is 2.16. The first kappa shape index (κ1) is 14.2. The van der Waals surface area contributed by atoms with Gasteiger partial charge in [0.1, 0.15) is 0 Å². The number of halogens is 3. The fourth-order valence-corrected chi connectivity index (χ4v) is 2.19. The summed E-state index contributed by atoms with van der Waals surface area (Å²) < 4.78 is 48.2. The molecule has 0 fully saturated rings. The van der Waals surface area contributed by atoms with Crippen LogP contribution in [0, 0.1) is 11.6 Å². The van der Waals surface area contributed by atoms with Crippen molar-refractivity contribution in [3.63, 3.8) is 0 Å². The van der Waals surface area contributed by atoms with Crippen molar-refractivity contribution in [1.82, 2.24) is 0 Å². The van der Waals surface area contributed by atoms with Gasteiger partial charge in [-0.2, -0.15) is 0 Å². The third-order valence-corrected chi connectivity index (χ3v) is 3.37. The standard InChI is InChI=1S/C10H12ClF2NO2S/c1-14(2)10-7(5-6-17(11,15)16)3-4-8(12)9(10)13/h3-4H,5-6H2,1-2H3. The van der Waals surface area contributed by atoms with E-state index in [9.17, 15) is 17.2 Å². The van der Waals surface area contributed by atoms with Crippen LogP contribution in [0.5, 0.6) is 0 Å². The van der Waals surface area contributed by atoms with Crippen LogP contribution < -0.4 is 4.90 Å². The highest BCUT2D eigenvalue weighted by molar-refractivity contribution is 8.13. The fourth-order valence-electron chi connectivity index (χ4n) is 1.50. The molecule has 0 unspecified atom stereocenters. The van der Waals surface area contributed by atoms with Crippen molar-refractivity contribution < 1.29 is 17.2 Å². The minimum Gasteiger partial charge on any atom is -0.375 e. The van der Waals surface area contributed by atoms with Crippen molar-refractivity contribution in [2.24, 2.45) is 0 Å². The van der Waals surface area contributed by atoms with E-state index in [0.29, 0.717) is 5.56 Å². The first-order valence-electron chi connectivity index (χ1n) is 4.79. The molecule has 0 saturated carbocycles. The molecule has 7 heteroatoms. The number of hydrogen-bond acceptors (Lipinski definition) is 3. The molecule has 0 bridgehead atoms. The first-order valence-corrected chi connectivity index (χ1v) is 7.26. The van der Waals surface area contributed by atoms with Crippen LogP contribution in [0.4, 0.5) is 14.5 Å². The van der Waals surface area contributed by atoms with Gasteiger partial charge in [-0.05, 0) is 18.1 Å². The Kier molecular flexibility index (Phi) is 4.32. The summed E-state index contributed by atoms with van der Waals surface area (Å²) in [5, 5.41) is 0. The van der Waals surface area contributed by atoms with Crippen molar-refractivity contribution in [2.45, 2.75) is 6.42 Å². The lowest BCUT2D eigenvalue weighted by Gasteiger charge is -2.18. The molecule has 0 N–H and O–H groups in total. The fraction of sp³-hybridized carbons (Fsp3) is 0.400. The van der Waals surface area contributed by atoms with Crippen LogP contribution in [0.2, 0.25) is 0 Å². The van der Waals surface area contributed by atoms with Crippen molar-refractivity contribution in [3.05, 3.63) is 29.3 Å². The average molecular weight is 284 g/mol. The molecule has 3 nitrogen and oxygen atoms in total. The molecular weight excluding hydrogens is 272 g/mol. The van der Waals surface area contributed by atoms with Crippen LogP contribution >= 0.6 is 10.7 Å². The Morgan fingerprint density at radius 3 is 2.35 bits per heavy atom. The number of nitrogens with zero attached hydrogens (tertiary/aromatic N) is 1. The van der Waals surface area contributed by atoms with Gasteiger partial charge in [0.15, 0.2) is 11.6 Å². The lowest BCUT2D eigenvalue weighted by molar-refractivity contribution is 0.507. The second kappa shape index (κ2) is 5.18. The third kappa shape index (κ3) is 3.81. The maximum atomic E-state index is 13.5. The molecule has 0 amide bonds. The predicted molar refractivity (Wildman–Crippen MR) is 64.0 cm³/mol. The van der Waals surface area contributed by atoms with Gasteiger partial charge in [-0.25, -0.2) is 17.2 Å². The van der Waals surface area contributed by atoms with Crippen molar-refractivity contribution in [1.29, 1.82) is 0 Å². The molecule has 1 rings (SSSR count). The summed E-state index contributed by atoms with van der Waals surface area (Å²) in [6.45, 7) is 0. The number of anilines is 1. The molecule has 1 aromatic rings. The number of rotatable bonds is 4. The predicted octanol–water partition coefficient (Wildman–Crippen LogP) is 2.14. The van der Waals surface area contributed by atoms with E-state index in [1.165, 1.54) is 11.0 Å². The van der Waals surface area contributed by atoms with Crippen molar-refractivity contribution in [3.8, 4) is 0 Å². The van der Waals surface area contributed by atoms with E-state index >= 15 is 0 Å². The van der Waals surface area contributed by atoms with E-state index in [-0.39, 0.29) is 17.9 Å². The Morgan fingerprint density at radius 2 is 1.88 bits per heavy atom. The third-order valence-electron chi connectivity index (χ3n) is 2.22. The van der Waals surface area contributed by atoms with Crippen LogP contribution in [0.1, 0.15) is 5.56 Å². The van der Waals surface area contributed by atoms with Gasteiger partial charge < -0.3 is 4.90 Å². The van der Waals surface area contributed by atoms with Crippen LogP contribution in [-0.2, 0) is 15.5 Å². The Morgan fingerprint density at radius 1 is 1.29 bits per heavy atom. The molecular formula is C10H12ClF2NO2S. The van der Waals surface area contributed by atoms with Gasteiger partial charge in [0.05, 0.1) is 11.4 Å². The molecule has 0 aliphatic heterocycles. The Labute approximate surface area is 103 Å². The maximum absolute atomic E-state index is 13.5. The van der Waals surface area contributed by atoms with Gasteiger partial charge in [0, 0.05) is 24.8 Å². The molecule has 0 atom stereocenters. The van der Waals surface area contributed by atoms with Gasteiger partial charge in [-0.1, -0.05) is 6.07 Å². The second-order valence-corrected chi connectivity index (χ2v) is 6.65. The van der Waals surface area contributed by atoms with Gasteiger partial charge in [0.25, 0.3) is 0 Å². The van der Waals surface area contributed by atoms with Crippen molar-refractivity contribution in [2.75, 3.05) is 24.7 Å². The Balaban J connectivity index is 3.12. The van der Waals surface area contributed by atoms with Gasteiger partial charge >= 0.3 is 0 Å². The minimum atomic E-state index is -3.65. The van der Waals surface area contributed by atoms with E-state index in [2.05, 4.69) is 0 Å². The van der Waals surface area contributed by atoms with Gasteiger partial charge in [-0.3, -0.25) is 0 Å². The molecule has 0 aliphatic rings. The number of hydrogen-bond donors (Lipinski definition) is 0. The first-order chi connectivity index (χ1) is 7.72. The molecule has 17 heavy (non-hydrogen) atoms. The molecule has 0 spiro atoms. The van der Waals surface area contributed by atoms with Crippen LogP contribution in [0.3, 0.4) is 0 Å². The second-order valence-electron chi connectivity index (χ2n) is 3.76. The molecule has 0 heterocycles. The van der Waals surface area contributed by atoms with Gasteiger partial charge in [0.2, 0.25) is 9.05 Å². The zero-order valence-electron chi connectivity index (χ0n) is 9.37. The van der Waals surface area contributed by atoms with E-state index < -0.39 is 20.7 Å². The van der Waals surface area contributed by atoms with E-state index in [0.717, 1.165) is 6.07 Å². The molecule has 0 aromatic heterocycles. The van der Waals surface area contributed by atoms with Crippen LogP contribution in [0.15, 0.2) is 12.1 Å². The summed E-state index contributed by atoms with van der Waals surface area (Å²) >= 11 is 0. The minimum absolute atomic E-state index is 0.0382. The Hall–Kier alpha value is -0.880. The lowest BCUT2D eigenvalue weighted by atomic mass is 10.1. The quantitative estimate of drug-likeness (QED) is 0.795. The van der Waals surface area contributed by atoms with Crippen LogP contribution in [0.25, 0.3) is 0 Å². The SMILES string of the molecule is CN(C)c1c(CCS(=O)(=O)Cl)ccc(F)c1F. The van der Waals surface area contributed by atoms with E-state index in [4.69, 9.17) is 10.7 Å². The molecule has 96 valence electrons. The molecule has 1 aromatic carbocycles. The lowest BCUT2D eigenvalue weighted by Crippen LogP contribution is -2.15.